The quantitative estimate of drug-likeness (QED) is 0.670. The number of rotatable bonds is 3. The van der Waals surface area contributed by atoms with E-state index < -0.39 is 0 Å². The van der Waals surface area contributed by atoms with Gasteiger partial charge in [-0.25, -0.2) is 4.90 Å². The molecule has 2 aliphatic rings. The van der Waals surface area contributed by atoms with E-state index in [9.17, 15) is 14.4 Å². The maximum absolute atomic E-state index is 13.4. The molecular formula is C24H21N3O3. The molecule has 3 aromatic rings. The molecule has 150 valence electrons. The summed E-state index contributed by atoms with van der Waals surface area (Å²) < 4.78 is 0. The number of carbonyl (C=O) groups is 3. The van der Waals surface area contributed by atoms with E-state index in [1.165, 1.54) is 11.8 Å². The summed E-state index contributed by atoms with van der Waals surface area (Å²) in [6, 6.07) is 16.2. The van der Waals surface area contributed by atoms with Gasteiger partial charge in [0.2, 0.25) is 5.91 Å². The lowest BCUT2D eigenvalue weighted by molar-refractivity contribution is -0.114. The number of benzene rings is 3. The maximum atomic E-state index is 13.4. The van der Waals surface area contributed by atoms with Gasteiger partial charge in [-0.15, -0.1) is 0 Å². The van der Waals surface area contributed by atoms with Gasteiger partial charge in [-0.05, 0) is 49.2 Å². The van der Waals surface area contributed by atoms with Crippen LogP contribution in [0, 0.1) is 0 Å². The van der Waals surface area contributed by atoms with Crippen molar-refractivity contribution in [1.82, 2.24) is 0 Å². The zero-order valence-corrected chi connectivity index (χ0v) is 16.6. The highest BCUT2D eigenvalue weighted by Gasteiger charge is 2.35. The molecule has 0 aliphatic carbocycles. The van der Waals surface area contributed by atoms with Crippen molar-refractivity contribution < 1.29 is 14.4 Å². The fourth-order valence-electron chi connectivity index (χ4n) is 4.48. The normalized spacial score (nSPS) is 15.8. The van der Waals surface area contributed by atoms with Crippen LogP contribution in [0.25, 0.3) is 10.8 Å². The zero-order valence-electron chi connectivity index (χ0n) is 16.6. The highest BCUT2D eigenvalue weighted by atomic mass is 16.2. The molecule has 3 aromatic carbocycles. The largest absolute Gasteiger partial charge is 0.371 e. The predicted molar refractivity (Wildman–Crippen MR) is 117 cm³/mol. The molecule has 0 unspecified atom stereocenters. The molecule has 0 spiro atoms. The third kappa shape index (κ3) is 2.84. The van der Waals surface area contributed by atoms with E-state index in [0.717, 1.165) is 42.4 Å². The lowest BCUT2D eigenvalue weighted by Crippen LogP contribution is -2.40. The first-order chi connectivity index (χ1) is 14.5. The average molecular weight is 399 g/mol. The van der Waals surface area contributed by atoms with Crippen molar-refractivity contribution in [3.05, 3.63) is 65.7 Å². The van der Waals surface area contributed by atoms with Crippen molar-refractivity contribution in [3.8, 4) is 0 Å². The smallest absolute Gasteiger partial charge is 0.265 e. The topological polar surface area (TPSA) is 69.7 Å². The average Bonchev–Trinajstić information content (AvgIpc) is 3.26. The summed E-state index contributed by atoms with van der Waals surface area (Å²) in [6.07, 6.45) is 2.30. The minimum Gasteiger partial charge on any atom is -0.371 e. The van der Waals surface area contributed by atoms with E-state index in [1.54, 1.807) is 30.3 Å². The van der Waals surface area contributed by atoms with Gasteiger partial charge in [-0.2, -0.15) is 0 Å². The first kappa shape index (κ1) is 18.4. The van der Waals surface area contributed by atoms with Crippen molar-refractivity contribution in [2.45, 2.75) is 19.8 Å². The summed E-state index contributed by atoms with van der Waals surface area (Å²) in [5, 5.41) is 4.37. The van der Waals surface area contributed by atoms with Crippen LogP contribution in [-0.4, -0.2) is 30.8 Å². The molecule has 3 amide bonds. The molecule has 6 heteroatoms. The molecule has 6 nitrogen and oxygen atoms in total. The summed E-state index contributed by atoms with van der Waals surface area (Å²) in [6.45, 7) is 3.39. The van der Waals surface area contributed by atoms with Gasteiger partial charge in [0.1, 0.15) is 0 Å². The summed E-state index contributed by atoms with van der Waals surface area (Å²) in [7, 11) is 0. The lowest BCUT2D eigenvalue weighted by atomic mass is 9.92. The van der Waals surface area contributed by atoms with Crippen molar-refractivity contribution in [2.75, 3.05) is 28.2 Å². The van der Waals surface area contributed by atoms with Crippen LogP contribution in [-0.2, 0) is 4.79 Å². The molecule has 2 aliphatic heterocycles. The Bertz CT molecular complexity index is 1190. The summed E-state index contributed by atoms with van der Waals surface area (Å²) in [5.74, 6) is -0.915. The van der Waals surface area contributed by atoms with Crippen molar-refractivity contribution in [3.63, 3.8) is 0 Å². The molecular weight excluding hydrogens is 378 g/mol. The van der Waals surface area contributed by atoms with Gasteiger partial charge < -0.3 is 10.2 Å². The van der Waals surface area contributed by atoms with E-state index in [0.29, 0.717) is 22.5 Å². The monoisotopic (exact) mass is 399 g/mol. The summed E-state index contributed by atoms with van der Waals surface area (Å²) in [4.78, 5) is 41.7. The molecule has 0 aromatic heterocycles. The fraction of sp³-hybridized carbons (Fsp3) is 0.208. The Morgan fingerprint density at radius 2 is 1.60 bits per heavy atom. The number of hydrogen-bond acceptors (Lipinski definition) is 4. The summed E-state index contributed by atoms with van der Waals surface area (Å²) in [5.41, 5.74) is 3.09. The number of anilines is 3. The Labute approximate surface area is 174 Å². The molecule has 1 fully saturated rings. The first-order valence-corrected chi connectivity index (χ1v) is 10.1. The third-order valence-corrected chi connectivity index (χ3v) is 5.76. The van der Waals surface area contributed by atoms with E-state index in [-0.39, 0.29) is 17.7 Å². The zero-order chi connectivity index (χ0) is 20.8. The number of amides is 3. The lowest BCUT2D eigenvalue weighted by Gasteiger charge is -2.29. The molecule has 30 heavy (non-hydrogen) atoms. The number of carbonyl (C=O) groups excluding carboxylic acids is 3. The van der Waals surface area contributed by atoms with Crippen LogP contribution in [0.1, 0.15) is 40.5 Å². The Hall–Kier alpha value is -3.67. The van der Waals surface area contributed by atoms with Crippen LogP contribution in [0.4, 0.5) is 17.1 Å². The second-order valence-electron chi connectivity index (χ2n) is 7.73. The third-order valence-electron chi connectivity index (χ3n) is 5.76. The van der Waals surface area contributed by atoms with E-state index >= 15 is 0 Å². The van der Waals surface area contributed by atoms with Crippen LogP contribution in [0.2, 0.25) is 0 Å². The van der Waals surface area contributed by atoms with Gasteiger partial charge in [0, 0.05) is 53.3 Å². The minimum atomic E-state index is -0.350. The highest BCUT2D eigenvalue weighted by Crippen LogP contribution is 2.38. The van der Waals surface area contributed by atoms with Gasteiger partial charge in [0.05, 0.1) is 5.69 Å². The Morgan fingerprint density at radius 1 is 0.900 bits per heavy atom. The van der Waals surface area contributed by atoms with Crippen LogP contribution in [0.3, 0.4) is 0 Å². The predicted octanol–water partition coefficient (Wildman–Crippen LogP) is 4.20. The van der Waals surface area contributed by atoms with Crippen molar-refractivity contribution in [1.29, 1.82) is 0 Å². The maximum Gasteiger partial charge on any atom is 0.265 e. The van der Waals surface area contributed by atoms with Crippen LogP contribution in [0.5, 0.6) is 0 Å². The van der Waals surface area contributed by atoms with Crippen LogP contribution < -0.4 is 15.1 Å². The molecule has 5 rings (SSSR count). The van der Waals surface area contributed by atoms with E-state index in [1.807, 2.05) is 24.3 Å². The van der Waals surface area contributed by atoms with Crippen molar-refractivity contribution >= 4 is 45.6 Å². The second-order valence-corrected chi connectivity index (χ2v) is 7.73. The molecule has 0 radical (unpaired) electrons. The highest BCUT2D eigenvalue weighted by molar-refractivity contribution is 6.36. The molecule has 0 atom stereocenters. The van der Waals surface area contributed by atoms with Gasteiger partial charge in [-0.3, -0.25) is 14.4 Å². The Morgan fingerprint density at radius 3 is 2.33 bits per heavy atom. The van der Waals surface area contributed by atoms with Crippen molar-refractivity contribution in [2.24, 2.45) is 0 Å². The van der Waals surface area contributed by atoms with Gasteiger partial charge in [0.25, 0.3) is 11.8 Å². The van der Waals surface area contributed by atoms with Crippen LogP contribution >= 0.6 is 0 Å². The van der Waals surface area contributed by atoms with Gasteiger partial charge in [-0.1, -0.05) is 18.2 Å². The fourth-order valence-corrected chi connectivity index (χ4v) is 4.48. The first-order valence-electron chi connectivity index (χ1n) is 10.1. The number of hydrogen-bond donors (Lipinski definition) is 1. The molecule has 2 heterocycles. The molecule has 1 saturated heterocycles. The molecule has 1 N–H and O–H groups in total. The summed E-state index contributed by atoms with van der Waals surface area (Å²) >= 11 is 0. The molecule has 0 bridgehead atoms. The van der Waals surface area contributed by atoms with Gasteiger partial charge >= 0.3 is 0 Å². The Balaban J connectivity index is 1.64. The number of nitrogens with one attached hydrogen (secondary N) is 1. The molecule has 0 saturated carbocycles. The standard InChI is InChI=1S/C24H21N3O3/c1-15(28)25-16-6-4-7-17(14-16)27-23(29)19-9-5-8-18-21(26-12-2-3-13-26)11-10-20(22(18)19)24(27)30/h4-11,14H,2-3,12-13H2,1H3,(H,25,28). The van der Waals surface area contributed by atoms with Gasteiger partial charge in [0.15, 0.2) is 0 Å². The SMILES string of the molecule is CC(=O)Nc1cccc(N2C(=O)c3cccc4c(N5CCCC5)ccc(c34)C2=O)c1. The van der Waals surface area contributed by atoms with E-state index in [2.05, 4.69) is 10.2 Å². The minimum absolute atomic E-state index is 0.215. The van der Waals surface area contributed by atoms with E-state index in [4.69, 9.17) is 0 Å². The number of nitrogens with zero attached hydrogens (tertiary/aromatic N) is 2. The Kier molecular flexibility index (Phi) is 4.28. The van der Waals surface area contributed by atoms with Crippen LogP contribution in [0.15, 0.2) is 54.6 Å². The number of imide groups is 1. The second kappa shape index (κ2) is 6.99.